The highest BCUT2D eigenvalue weighted by Gasteiger charge is 2.27. The fourth-order valence-electron chi connectivity index (χ4n) is 3.92. The maximum absolute atomic E-state index is 12.8. The van der Waals surface area contributed by atoms with E-state index in [1.54, 1.807) is 4.90 Å². The first-order chi connectivity index (χ1) is 15.4. The number of amides is 2. The predicted octanol–water partition coefficient (Wildman–Crippen LogP) is 4.00. The Morgan fingerprint density at radius 2 is 1.81 bits per heavy atom. The Labute approximate surface area is 191 Å². The lowest BCUT2D eigenvalue weighted by Crippen LogP contribution is -2.42. The third kappa shape index (κ3) is 6.82. The summed E-state index contributed by atoms with van der Waals surface area (Å²) in [6.07, 6.45) is 1.20. The molecular formula is C26H35N3O3. The van der Waals surface area contributed by atoms with E-state index >= 15 is 0 Å². The molecule has 1 aliphatic rings. The van der Waals surface area contributed by atoms with Crippen LogP contribution in [0, 0.1) is 0 Å². The standard InChI is InChI=1S/C26H35N3O3/c1-20(2)28(19-22-10-5-4-6-11-22)17-9-16-27-25(30)14-15-26(31)29-18-21(3)32-24-13-8-7-12-23(24)29/h4-8,10-13,20-21H,9,14-19H2,1-3H3,(H,27,30). The molecule has 0 radical (unpaired) electrons. The predicted molar refractivity (Wildman–Crippen MR) is 128 cm³/mol. The van der Waals surface area contributed by atoms with E-state index in [4.69, 9.17) is 4.74 Å². The van der Waals surface area contributed by atoms with Crippen LogP contribution in [-0.2, 0) is 16.1 Å². The van der Waals surface area contributed by atoms with E-state index < -0.39 is 0 Å². The van der Waals surface area contributed by atoms with Crippen LogP contribution in [0.1, 0.15) is 45.6 Å². The van der Waals surface area contributed by atoms with Gasteiger partial charge in [-0.1, -0.05) is 42.5 Å². The third-order valence-electron chi connectivity index (χ3n) is 5.69. The van der Waals surface area contributed by atoms with Crippen LogP contribution in [0.4, 0.5) is 5.69 Å². The number of ether oxygens (including phenoxy) is 1. The van der Waals surface area contributed by atoms with Gasteiger partial charge in [-0.15, -0.1) is 0 Å². The van der Waals surface area contributed by atoms with Gasteiger partial charge in [-0.2, -0.15) is 0 Å². The summed E-state index contributed by atoms with van der Waals surface area (Å²) in [7, 11) is 0. The first-order valence-corrected chi connectivity index (χ1v) is 11.5. The zero-order valence-electron chi connectivity index (χ0n) is 19.4. The van der Waals surface area contributed by atoms with E-state index in [0.717, 1.165) is 25.2 Å². The minimum absolute atomic E-state index is 0.0448. The molecule has 1 aliphatic heterocycles. The molecule has 0 bridgehead atoms. The van der Waals surface area contributed by atoms with E-state index in [0.29, 0.717) is 24.9 Å². The summed E-state index contributed by atoms with van der Waals surface area (Å²) in [4.78, 5) is 29.2. The molecular weight excluding hydrogens is 402 g/mol. The lowest BCUT2D eigenvalue weighted by atomic mass is 10.1. The topological polar surface area (TPSA) is 61.9 Å². The molecule has 0 aliphatic carbocycles. The fourth-order valence-corrected chi connectivity index (χ4v) is 3.92. The highest BCUT2D eigenvalue weighted by molar-refractivity contribution is 5.97. The highest BCUT2D eigenvalue weighted by Crippen LogP contribution is 2.33. The molecule has 0 aromatic heterocycles. The Kier molecular flexibility index (Phi) is 8.68. The van der Waals surface area contributed by atoms with Gasteiger partial charge in [0, 0.05) is 38.5 Å². The smallest absolute Gasteiger partial charge is 0.227 e. The van der Waals surface area contributed by atoms with Crippen LogP contribution in [0.2, 0.25) is 0 Å². The van der Waals surface area contributed by atoms with Gasteiger partial charge in [-0.25, -0.2) is 0 Å². The summed E-state index contributed by atoms with van der Waals surface area (Å²) >= 11 is 0. The van der Waals surface area contributed by atoms with Gasteiger partial charge < -0.3 is 15.0 Å². The van der Waals surface area contributed by atoms with Crippen molar-refractivity contribution >= 4 is 17.5 Å². The number of carbonyl (C=O) groups excluding carboxylic acids is 2. The van der Waals surface area contributed by atoms with Crippen molar-refractivity contribution in [3.63, 3.8) is 0 Å². The molecule has 6 heteroatoms. The largest absolute Gasteiger partial charge is 0.487 e. The molecule has 2 amide bonds. The number of hydrogen-bond acceptors (Lipinski definition) is 4. The van der Waals surface area contributed by atoms with E-state index in [1.165, 1.54) is 5.56 Å². The van der Waals surface area contributed by atoms with Gasteiger partial charge in [0.25, 0.3) is 0 Å². The molecule has 3 rings (SSSR count). The van der Waals surface area contributed by atoms with Crippen LogP contribution in [0.3, 0.4) is 0 Å². The zero-order valence-corrected chi connectivity index (χ0v) is 19.4. The summed E-state index contributed by atoms with van der Waals surface area (Å²) in [6.45, 7) is 9.26. The van der Waals surface area contributed by atoms with Crippen LogP contribution in [0.5, 0.6) is 5.75 Å². The minimum Gasteiger partial charge on any atom is -0.487 e. The summed E-state index contributed by atoms with van der Waals surface area (Å²) in [6, 6.07) is 18.4. The maximum atomic E-state index is 12.8. The third-order valence-corrected chi connectivity index (χ3v) is 5.69. The minimum atomic E-state index is -0.0768. The summed E-state index contributed by atoms with van der Waals surface area (Å²) < 4.78 is 5.80. The first-order valence-electron chi connectivity index (χ1n) is 11.5. The van der Waals surface area contributed by atoms with Gasteiger partial charge in [-0.05, 0) is 44.9 Å². The van der Waals surface area contributed by atoms with E-state index in [-0.39, 0.29) is 30.8 Å². The quantitative estimate of drug-likeness (QED) is 0.571. The van der Waals surface area contributed by atoms with Gasteiger partial charge in [0.15, 0.2) is 0 Å². The number of para-hydroxylation sites is 2. The number of rotatable bonds is 10. The average Bonchev–Trinajstić information content (AvgIpc) is 2.79. The summed E-state index contributed by atoms with van der Waals surface area (Å²) in [5, 5.41) is 2.97. The van der Waals surface area contributed by atoms with E-state index in [9.17, 15) is 9.59 Å². The lowest BCUT2D eigenvalue weighted by Gasteiger charge is -2.33. The van der Waals surface area contributed by atoms with Crippen molar-refractivity contribution in [3.8, 4) is 5.75 Å². The van der Waals surface area contributed by atoms with Crippen molar-refractivity contribution < 1.29 is 14.3 Å². The second-order valence-corrected chi connectivity index (χ2v) is 8.65. The van der Waals surface area contributed by atoms with Crippen LogP contribution >= 0.6 is 0 Å². The van der Waals surface area contributed by atoms with Crippen molar-refractivity contribution in [1.29, 1.82) is 0 Å². The van der Waals surface area contributed by atoms with Crippen molar-refractivity contribution in [2.45, 2.75) is 58.7 Å². The normalized spacial score (nSPS) is 15.4. The molecule has 1 atom stereocenters. The van der Waals surface area contributed by atoms with E-state index in [1.807, 2.05) is 37.3 Å². The number of hydrogen-bond donors (Lipinski definition) is 1. The van der Waals surface area contributed by atoms with Crippen molar-refractivity contribution in [2.75, 3.05) is 24.5 Å². The molecule has 2 aromatic rings. The molecule has 2 aromatic carbocycles. The van der Waals surface area contributed by atoms with Crippen LogP contribution in [0.15, 0.2) is 54.6 Å². The molecule has 32 heavy (non-hydrogen) atoms. The number of anilines is 1. The molecule has 0 saturated heterocycles. The highest BCUT2D eigenvalue weighted by atomic mass is 16.5. The van der Waals surface area contributed by atoms with Gasteiger partial charge in [0.2, 0.25) is 11.8 Å². The number of carbonyl (C=O) groups is 2. The van der Waals surface area contributed by atoms with Crippen LogP contribution in [0.25, 0.3) is 0 Å². The van der Waals surface area contributed by atoms with Gasteiger partial charge in [-0.3, -0.25) is 14.5 Å². The number of nitrogens with zero attached hydrogens (tertiary/aromatic N) is 2. The second kappa shape index (κ2) is 11.7. The maximum Gasteiger partial charge on any atom is 0.227 e. The molecule has 0 spiro atoms. The Hall–Kier alpha value is -2.86. The number of fused-ring (bicyclic) bond motifs is 1. The summed E-state index contributed by atoms with van der Waals surface area (Å²) in [5.74, 6) is 0.595. The molecule has 1 N–H and O–H groups in total. The Balaban J connectivity index is 1.39. The van der Waals surface area contributed by atoms with Crippen molar-refractivity contribution in [3.05, 3.63) is 60.2 Å². The Bertz CT molecular complexity index is 885. The zero-order chi connectivity index (χ0) is 22.9. The molecule has 1 unspecified atom stereocenters. The monoisotopic (exact) mass is 437 g/mol. The van der Waals surface area contributed by atoms with Crippen molar-refractivity contribution in [2.24, 2.45) is 0 Å². The van der Waals surface area contributed by atoms with Gasteiger partial charge in [0.1, 0.15) is 11.9 Å². The Morgan fingerprint density at radius 3 is 2.56 bits per heavy atom. The fraction of sp³-hybridized carbons (Fsp3) is 0.462. The average molecular weight is 438 g/mol. The second-order valence-electron chi connectivity index (χ2n) is 8.65. The SMILES string of the molecule is CC1CN(C(=O)CCC(=O)NCCCN(Cc2ccccc2)C(C)C)c2ccccc2O1. The van der Waals surface area contributed by atoms with E-state index in [2.05, 4.69) is 48.3 Å². The van der Waals surface area contributed by atoms with Gasteiger partial charge in [0.05, 0.1) is 12.2 Å². The van der Waals surface area contributed by atoms with Crippen molar-refractivity contribution in [1.82, 2.24) is 10.2 Å². The molecule has 172 valence electrons. The summed E-state index contributed by atoms with van der Waals surface area (Å²) in [5.41, 5.74) is 2.07. The molecule has 1 heterocycles. The van der Waals surface area contributed by atoms with Crippen LogP contribution in [-0.4, -0.2) is 48.5 Å². The van der Waals surface area contributed by atoms with Crippen LogP contribution < -0.4 is 15.0 Å². The Morgan fingerprint density at radius 1 is 1.09 bits per heavy atom. The van der Waals surface area contributed by atoms with Gasteiger partial charge >= 0.3 is 0 Å². The number of nitrogens with one attached hydrogen (secondary N) is 1. The molecule has 0 fully saturated rings. The number of benzene rings is 2. The lowest BCUT2D eigenvalue weighted by molar-refractivity contribution is -0.125. The molecule has 6 nitrogen and oxygen atoms in total. The first kappa shape index (κ1) is 23.8. The molecule has 0 saturated carbocycles.